The summed E-state index contributed by atoms with van der Waals surface area (Å²) in [5.41, 5.74) is 2.26. The van der Waals surface area contributed by atoms with Gasteiger partial charge in [0.1, 0.15) is 0 Å². The van der Waals surface area contributed by atoms with E-state index in [1.807, 2.05) is 24.3 Å². The Labute approximate surface area is 83.5 Å². The van der Waals surface area contributed by atoms with Crippen LogP contribution >= 0.6 is 0 Å². The predicted octanol–water partition coefficient (Wildman–Crippen LogP) is 1.06. The predicted molar refractivity (Wildman–Crippen MR) is 55.0 cm³/mol. The van der Waals surface area contributed by atoms with Gasteiger partial charge >= 0.3 is 0 Å². The maximum atomic E-state index is 9.58. The van der Waals surface area contributed by atoms with E-state index in [4.69, 9.17) is 0 Å². The molecule has 1 aromatic carbocycles. The number of hydrogen-bond donors (Lipinski definition) is 2. The van der Waals surface area contributed by atoms with Gasteiger partial charge in [-0.05, 0) is 11.1 Å². The zero-order chi connectivity index (χ0) is 9.97. The summed E-state index contributed by atoms with van der Waals surface area (Å²) >= 11 is 0. The lowest BCUT2D eigenvalue weighted by Gasteiger charge is -2.16. The Morgan fingerprint density at radius 1 is 0.857 bits per heavy atom. The number of aliphatic hydroxyl groups excluding tert-OH is 2. The van der Waals surface area contributed by atoms with Crippen molar-refractivity contribution < 1.29 is 10.2 Å². The summed E-state index contributed by atoms with van der Waals surface area (Å²) in [4.78, 5) is 0. The highest BCUT2D eigenvalue weighted by atomic mass is 16.3. The minimum Gasteiger partial charge on any atom is -0.389 e. The van der Waals surface area contributed by atoms with Crippen LogP contribution in [0.4, 0.5) is 0 Å². The Hall–Kier alpha value is -1.12. The molecule has 2 nitrogen and oxygen atoms in total. The molecular formula is C12H14O2. The van der Waals surface area contributed by atoms with Crippen molar-refractivity contribution in [2.75, 3.05) is 0 Å². The molecule has 2 heteroatoms. The molecule has 0 saturated carbocycles. The molecule has 0 fully saturated rings. The highest BCUT2D eigenvalue weighted by Gasteiger charge is 2.12. The Bertz CT molecular complexity index is 311. The third kappa shape index (κ3) is 2.03. The van der Waals surface area contributed by atoms with Gasteiger partial charge in [0.05, 0.1) is 12.2 Å². The van der Waals surface area contributed by atoms with Gasteiger partial charge in [-0.1, -0.05) is 36.4 Å². The molecule has 0 spiro atoms. The molecule has 0 unspecified atom stereocenters. The molecule has 0 amide bonds. The molecule has 2 N–H and O–H groups in total. The average Bonchev–Trinajstić information content (AvgIpc) is 2.16. The van der Waals surface area contributed by atoms with Crippen LogP contribution in [0.2, 0.25) is 0 Å². The first-order chi connectivity index (χ1) is 6.75. The zero-order valence-corrected chi connectivity index (χ0v) is 7.93. The summed E-state index contributed by atoms with van der Waals surface area (Å²) < 4.78 is 0. The topological polar surface area (TPSA) is 40.5 Å². The van der Waals surface area contributed by atoms with Gasteiger partial charge in [-0.25, -0.2) is 0 Å². The van der Waals surface area contributed by atoms with E-state index in [0.29, 0.717) is 12.8 Å². The van der Waals surface area contributed by atoms with Gasteiger partial charge in [0.25, 0.3) is 0 Å². The van der Waals surface area contributed by atoms with Gasteiger partial charge in [0.2, 0.25) is 0 Å². The maximum absolute atomic E-state index is 9.58. The minimum absolute atomic E-state index is 0.480. The van der Waals surface area contributed by atoms with E-state index in [9.17, 15) is 10.2 Å². The van der Waals surface area contributed by atoms with Crippen molar-refractivity contribution in [3.8, 4) is 0 Å². The van der Waals surface area contributed by atoms with Crippen molar-refractivity contribution in [1.29, 1.82) is 0 Å². The fraction of sp³-hybridized carbons (Fsp3) is 0.333. The molecule has 0 aliphatic heterocycles. The zero-order valence-electron chi connectivity index (χ0n) is 7.93. The number of hydrogen-bond acceptors (Lipinski definition) is 2. The van der Waals surface area contributed by atoms with Crippen LogP contribution in [0.15, 0.2) is 36.4 Å². The second-order valence-corrected chi connectivity index (χ2v) is 3.70. The van der Waals surface area contributed by atoms with Crippen molar-refractivity contribution >= 4 is 0 Å². The van der Waals surface area contributed by atoms with Gasteiger partial charge in [0, 0.05) is 12.8 Å². The van der Waals surface area contributed by atoms with Crippen LogP contribution in [0.5, 0.6) is 0 Å². The van der Waals surface area contributed by atoms with Gasteiger partial charge in [-0.2, -0.15) is 0 Å². The van der Waals surface area contributed by atoms with Gasteiger partial charge in [-0.3, -0.25) is 0 Å². The minimum atomic E-state index is -0.480. The summed E-state index contributed by atoms with van der Waals surface area (Å²) in [6, 6.07) is 7.93. The van der Waals surface area contributed by atoms with Crippen LogP contribution in [0, 0.1) is 0 Å². The van der Waals surface area contributed by atoms with Crippen molar-refractivity contribution in [2.24, 2.45) is 0 Å². The van der Waals surface area contributed by atoms with Crippen LogP contribution in [0.25, 0.3) is 0 Å². The molecule has 1 aliphatic rings. The monoisotopic (exact) mass is 190 g/mol. The molecule has 2 rings (SSSR count). The molecule has 1 aliphatic carbocycles. The van der Waals surface area contributed by atoms with Crippen LogP contribution in [0.1, 0.15) is 11.1 Å². The molecule has 74 valence electrons. The molecule has 0 aromatic heterocycles. The molecule has 1 aromatic rings. The van der Waals surface area contributed by atoms with Crippen LogP contribution in [-0.2, 0) is 12.8 Å². The quantitative estimate of drug-likeness (QED) is 0.601. The lowest BCUT2D eigenvalue weighted by atomic mass is 9.94. The molecule has 0 heterocycles. The van der Waals surface area contributed by atoms with Gasteiger partial charge < -0.3 is 10.2 Å². The summed E-state index contributed by atoms with van der Waals surface area (Å²) in [5.74, 6) is 0. The van der Waals surface area contributed by atoms with Crippen molar-refractivity contribution in [2.45, 2.75) is 25.0 Å². The molecule has 14 heavy (non-hydrogen) atoms. The number of fused-ring (bicyclic) bond motifs is 1. The Morgan fingerprint density at radius 2 is 1.29 bits per heavy atom. The summed E-state index contributed by atoms with van der Waals surface area (Å²) in [7, 11) is 0. The largest absolute Gasteiger partial charge is 0.389 e. The SMILES string of the molecule is O[C@H]1/C=C/[C@H](O)Cc2ccccc2C1. The maximum Gasteiger partial charge on any atom is 0.0762 e. The summed E-state index contributed by atoms with van der Waals surface area (Å²) in [6.45, 7) is 0. The summed E-state index contributed by atoms with van der Waals surface area (Å²) in [6.07, 6.45) is 3.65. The molecular weight excluding hydrogens is 176 g/mol. The van der Waals surface area contributed by atoms with E-state index in [2.05, 4.69) is 0 Å². The van der Waals surface area contributed by atoms with Crippen LogP contribution in [-0.4, -0.2) is 22.4 Å². The van der Waals surface area contributed by atoms with Crippen molar-refractivity contribution in [3.63, 3.8) is 0 Å². The van der Waals surface area contributed by atoms with Crippen LogP contribution in [0.3, 0.4) is 0 Å². The standard InChI is InChI=1S/C12H14O2/c13-11-5-6-12(14)8-10-4-2-1-3-9(10)7-11/h1-6,11-14H,7-8H2/b6-5+/t11-,12-/m0/s1. The Kier molecular flexibility index (Phi) is 2.66. The van der Waals surface area contributed by atoms with E-state index in [0.717, 1.165) is 11.1 Å². The number of benzene rings is 1. The smallest absolute Gasteiger partial charge is 0.0762 e. The second-order valence-electron chi connectivity index (χ2n) is 3.70. The first-order valence-electron chi connectivity index (χ1n) is 4.87. The van der Waals surface area contributed by atoms with Gasteiger partial charge in [0.15, 0.2) is 0 Å². The van der Waals surface area contributed by atoms with E-state index >= 15 is 0 Å². The van der Waals surface area contributed by atoms with E-state index in [-0.39, 0.29) is 0 Å². The van der Waals surface area contributed by atoms with E-state index in [1.54, 1.807) is 12.2 Å². The second kappa shape index (κ2) is 3.95. The lowest BCUT2D eigenvalue weighted by molar-refractivity contribution is 0.201. The molecule has 2 atom stereocenters. The number of aliphatic hydroxyl groups is 2. The third-order valence-electron chi connectivity index (χ3n) is 2.53. The lowest BCUT2D eigenvalue weighted by Crippen LogP contribution is -2.17. The molecule has 0 saturated heterocycles. The van der Waals surface area contributed by atoms with E-state index < -0.39 is 12.2 Å². The molecule has 0 radical (unpaired) electrons. The first kappa shape index (κ1) is 9.44. The van der Waals surface area contributed by atoms with Crippen molar-refractivity contribution in [3.05, 3.63) is 47.5 Å². The first-order valence-corrected chi connectivity index (χ1v) is 4.87. The summed E-state index contributed by atoms with van der Waals surface area (Å²) in [5, 5.41) is 19.2. The highest BCUT2D eigenvalue weighted by molar-refractivity contribution is 5.30. The molecule has 0 bridgehead atoms. The highest BCUT2D eigenvalue weighted by Crippen LogP contribution is 2.16. The Balaban J connectivity index is 2.34. The number of rotatable bonds is 0. The average molecular weight is 190 g/mol. The normalized spacial score (nSPS) is 28.7. The van der Waals surface area contributed by atoms with Crippen LogP contribution < -0.4 is 0 Å². The van der Waals surface area contributed by atoms with Gasteiger partial charge in [-0.15, -0.1) is 0 Å². The van der Waals surface area contributed by atoms with E-state index in [1.165, 1.54) is 0 Å². The fourth-order valence-electron chi connectivity index (χ4n) is 1.80. The third-order valence-corrected chi connectivity index (χ3v) is 2.53. The fourth-order valence-corrected chi connectivity index (χ4v) is 1.80. The Morgan fingerprint density at radius 3 is 1.71 bits per heavy atom. The van der Waals surface area contributed by atoms with Crippen molar-refractivity contribution in [1.82, 2.24) is 0 Å².